The molecule has 0 atom stereocenters. The summed E-state index contributed by atoms with van der Waals surface area (Å²) in [5, 5.41) is 10.3. The van der Waals surface area contributed by atoms with Crippen LogP contribution in [-0.4, -0.2) is 9.91 Å². The maximum Gasteiger partial charge on any atom is 0.320 e. The number of anilines is 1. The number of pyridine rings is 1. The first-order chi connectivity index (χ1) is 6.43. The van der Waals surface area contributed by atoms with Gasteiger partial charge in [-0.3, -0.25) is 10.1 Å². The van der Waals surface area contributed by atoms with Gasteiger partial charge in [-0.25, -0.2) is 8.78 Å². The highest BCUT2D eigenvalue weighted by molar-refractivity contribution is 5.57. The molecule has 1 rings (SSSR count). The first kappa shape index (κ1) is 10.2. The van der Waals surface area contributed by atoms with Crippen molar-refractivity contribution in [2.75, 3.05) is 5.73 Å². The molecule has 0 unspecified atom stereocenters. The number of hydrogen-bond acceptors (Lipinski definition) is 4. The second kappa shape index (κ2) is 3.48. The average molecular weight is 207 g/mol. The Labute approximate surface area is 75.5 Å². The fourth-order valence-electron chi connectivity index (χ4n) is 0.910. The van der Waals surface area contributed by atoms with Crippen molar-refractivity contribution >= 4 is 11.5 Å². The third-order valence-electron chi connectivity index (χ3n) is 1.44. The Bertz CT molecular complexity index is 383. The van der Waals surface area contributed by atoms with Gasteiger partial charge >= 0.3 is 5.69 Å². The van der Waals surface area contributed by atoms with Gasteiger partial charge in [0.15, 0.2) is 0 Å². The molecule has 0 aliphatic heterocycles. The Morgan fingerprint density at radius 1 is 1.57 bits per heavy atom. The Morgan fingerprint density at radius 2 is 2.14 bits per heavy atom. The highest BCUT2D eigenvalue weighted by atomic mass is 19.3. The van der Waals surface area contributed by atoms with E-state index in [0.717, 1.165) is 0 Å². The summed E-state index contributed by atoms with van der Waals surface area (Å²) in [6, 6.07) is 0.291. The highest BCUT2D eigenvalue weighted by Crippen LogP contribution is 2.32. The van der Waals surface area contributed by atoms with Gasteiger partial charge in [-0.1, -0.05) is 0 Å². The molecular formula is C6H4F3N3O2. The Balaban J connectivity index is 3.44. The minimum absolute atomic E-state index is 0.291. The topological polar surface area (TPSA) is 82.0 Å². The van der Waals surface area contributed by atoms with E-state index in [1.54, 1.807) is 0 Å². The fraction of sp³-hybridized carbons (Fsp3) is 0.167. The first-order valence-corrected chi connectivity index (χ1v) is 3.32. The Hall–Kier alpha value is -1.86. The smallest absolute Gasteiger partial charge is 0.320 e. The molecule has 2 N–H and O–H groups in total. The Kier molecular flexibility index (Phi) is 2.54. The number of nitrogen functional groups attached to an aromatic ring is 1. The lowest BCUT2D eigenvalue weighted by Crippen LogP contribution is -2.05. The molecule has 0 fully saturated rings. The van der Waals surface area contributed by atoms with Crippen molar-refractivity contribution in [3.63, 3.8) is 0 Å². The molecule has 5 nitrogen and oxygen atoms in total. The Morgan fingerprint density at radius 3 is 2.57 bits per heavy atom. The highest BCUT2D eigenvalue weighted by Gasteiger charge is 2.27. The number of aromatic nitrogens is 1. The van der Waals surface area contributed by atoms with Crippen LogP contribution in [0.2, 0.25) is 0 Å². The van der Waals surface area contributed by atoms with Crippen molar-refractivity contribution in [1.82, 2.24) is 4.98 Å². The van der Waals surface area contributed by atoms with Gasteiger partial charge in [-0.2, -0.15) is 9.37 Å². The van der Waals surface area contributed by atoms with Gasteiger partial charge in [-0.15, -0.1) is 0 Å². The molecule has 0 aliphatic rings. The van der Waals surface area contributed by atoms with Gasteiger partial charge in [0.1, 0.15) is 5.56 Å². The van der Waals surface area contributed by atoms with Crippen molar-refractivity contribution in [3.05, 3.63) is 27.7 Å². The first-order valence-electron chi connectivity index (χ1n) is 3.32. The van der Waals surface area contributed by atoms with E-state index >= 15 is 0 Å². The number of rotatable bonds is 2. The van der Waals surface area contributed by atoms with E-state index in [9.17, 15) is 23.3 Å². The quantitative estimate of drug-likeness (QED) is 0.454. The van der Waals surface area contributed by atoms with Crippen LogP contribution in [0.3, 0.4) is 0 Å². The third-order valence-corrected chi connectivity index (χ3v) is 1.44. The van der Waals surface area contributed by atoms with Crippen molar-refractivity contribution in [2.24, 2.45) is 0 Å². The molecule has 1 aromatic rings. The zero-order valence-corrected chi connectivity index (χ0v) is 6.58. The summed E-state index contributed by atoms with van der Waals surface area (Å²) in [7, 11) is 0. The second-order valence-electron chi connectivity index (χ2n) is 2.33. The van der Waals surface area contributed by atoms with Crippen LogP contribution in [0, 0.1) is 16.1 Å². The molecule has 14 heavy (non-hydrogen) atoms. The monoisotopic (exact) mass is 207 g/mol. The molecule has 1 heterocycles. The molecule has 0 saturated carbocycles. The van der Waals surface area contributed by atoms with E-state index in [0.29, 0.717) is 6.07 Å². The molecular weight excluding hydrogens is 203 g/mol. The van der Waals surface area contributed by atoms with Gasteiger partial charge in [-0.05, 0) is 0 Å². The van der Waals surface area contributed by atoms with Crippen LogP contribution in [0.4, 0.5) is 24.7 Å². The molecule has 0 bridgehead atoms. The summed E-state index contributed by atoms with van der Waals surface area (Å²) in [5.74, 6) is -2.13. The van der Waals surface area contributed by atoms with Crippen molar-refractivity contribution in [2.45, 2.75) is 6.43 Å². The van der Waals surface area contributed by atoms with Gasteiger partial charge in [0.05, 0.1) is 4.92 Å². The number of nitrogens with zero attached hydrogens (tertiary/aromatic N) is 2. The molecule has 1 aromatic heterocycles. The van der Waals surface area contributed by atoms with Crippen LogP contribution in [-0.2, 0) is 0 Å². The second-order valence-corrected chi connectivity index (χ2v) is 2.33. The largest absolute Gasteiger partial charge is 0.378 e. The van der Waals surface area contributed by atoms with Crippen LogP contribution >= 0.6 is 0 Å². The third kappa shape index (κ3) is 1.73. The lowest BCUT2D eigenvalue weighted by molar-refractivity contribution is -0.385. The summed E-state index contributed by atoms with van der Waals surface area (Å²) in [5.41, 5.74) is 2.81. The summed E-state index contributed by atoms with van der Waals surface area (Å²) in [6.45, 7) is 0. The number of hydrogen-bond donors (Lipinski definition) is 1. The average Bonchev–Trinajstić information content (AvgIpc) is 2.01. The summed E-state index contributed by atoms with van der Waals surface area (Å²) >= 11 is 0. The summed E-state index contributed by atoms with van der Waals surface area (Å²) in [6.07, 6.45) is -3.17. The standard InChI is InChI=1S/C6H4F3N3O2/c7-3-1-2(5(8)9)4(12(13)14)6(10)11-3/h1,5H,(H2,10,11). The molecule has 0 spiro atoms. The predicted molar refractivity (Wildman–Crippen MR) is 40.2 cm³/mol. The maximum absolute atomic E-state index is 12.5. The minimum atomic E-state index is -3.17. The maximum atomic E-state index is 12.5. The fourth-order valence-corrected chi connectivity index (χ4v) is 0.910. The zero-order valence-electron chi connectivity index (χ0n) is 6.58. The molecule has 8 heteroatoms. The van der Waals surface area contributed by atoms with Crippen LogP contribution in [0.25, 0.3) is 0 Å². The van der Waals surface area contributed by atoms with Crippen molar-refractivity contribution in [3.8, 4) is 0 Å². The number of halogens is 3. The number of nitro groups is 1. The normalized spacial score (nSPS) is 10.6. The minimum Gasteiger partial charge on any atom is -0.378 e. The predicted octanol–water partition coefficient (Wildman–Crippen LogP) is 1.65. The lowest BCUT2D eigenvalue weighted by atomic mass is 10.2. The van der Waals surface area contributed by atoms with Gasteiger partial charge < -0.3 is 5.73 Å². The lowest BCUT2D eigenvalue weighted by Gasteiger charge is -2.03. The van der Waals surface area contributed by atoms with E-state index in [4.69, 9.17) is 5.73 Å². The zero-order chi connectivity index (χ0) is 10.9. The number of nitrogens with two attached hydrogens (primary N) is 1. The number of alkyl halides is 2. The van der Waals surface area contributed by atoms with Gasteiger partial charge in [0.25, 0.3) is 6.43 Å². The molecule has 0 amide bonds. The van der Waals surface area contributed by atoms with E-state index in [1.165, 1.54) is 0 Å². The van der Waals surface area contributed by atoms with Crippen LogP contribution < -0.4 is 5.73 Å². The summed E-state index contributed by atoms with van der Waals surface area (Å²) < 4.78 is 36.9. The van der Waals surface area contributed by atoms with E-state index in [-0.39, 0.29) is 0 Å². The van der Waals surface area contributed by atoms with Crippen molar-refractivity contribution in [1.29, 1.82) is 0 Å². The molecule has 0 radical (unpaired) electrons. The van der Waals surface area contributed by atoms with Crippen molar-refractivity contribution < 1.29 is 18.1 Å². The molecule has 0 aliphatic carbocycles. The van der Waals surface area contributed by atoms with E-state index in [2.05, 4.69) is 4.98 Å². The van der Waals surface area contributed by atoms with Gasteiger partial charge in [0, 0.05) is 6.07 Å². The molecule has 0 aromatic carbocycles. The van der Waals surface area contributed by atoms with E-state index < -0.39 is 34.4 Å². The molecule has 76 valence electrons. The SMILES string of the molecule is Nc1nc(F)cc(C(F)F)c1[N+](=O)[O-]. The molecule has 0 saturated heterocycles. The van der Waals surface area contributed by atoms with Crippen LogP contribution in [0.15, 0.2) is 6.07 Å². The van der Waals surface area contributed by atoms with Crippen LogP contribution in [0.1, 0.15) is 12.0 Å². The summed E-state index contributed by atoms with van der Waals surface area (Å²) in [4.78, 5) is 12.0. The van der Waals surface area contributed by atoms with Gasteiger partial charge in [0.2, 0.25) is 11.8 Å². The van der Waals surface area contributed by atoms with Crippen LogP contribution in [0.5, 0.6) is 0 Å². The van der Waals surface area contributed by atoms with E-state index in [1.807, 2.05) is 0 Å².